The molecule has 0 aliphatic heterocycles. The Morgan fingerprint density at radius 3 is 0.867 bits per heavy atom. The number of phosphoric ester groups is 1. The number of hydrogen-bond acceptors (Lipinski definition) is 4. The van der Waals surface area contributed by atoms with Gasteiger partial charge in [-0.3, -0.25) is 9.05 Å². The monoisotopic (exact) mass is 660 g/mol. The Morgan fingerprint density at radius 2 is 0.600 bits per heavy atom. The summed E-state index contributed by atoms with van der Waals surface area (Å²) in [6, 6.07) is 0. The number of phosphoric acid groups is 1. The maximum Gasteiger partial charge on any atom is 0.472 e. The standard InChI is InChI=1S/C39H82NO4P/c1-4-7-10-13-16-19-21-25-30-35-40(36-31-26-22-20-17-14-11-8-5-2)37-32-27-24-29-34-39-44-45(41,42)43-38-33-28-23-18-15-12-9-6-3/h4-39H2,1-3H3,(H,41,42). The van der Waals surface area contributed by atoms with Crippen molar-refractivity contribution in [2.45, 2.75) is 220 Å². The highest BCUT2D eigenvalue weighted by molar-refractivity contribution is 7.47. The Hall–Kier alpha value is 0.0700. The van der Waals surface area contributed by atoms with E-state index >= 15 is 0 Å². The molecule has 0 aromatic heterocycles. The van der Waals surface area contributed by atoms with E-state index in [1.807, 2.05) is 0 Å². The van der Waals surface area contributed by atoms with Crippen molar-refractivity contribution in [3.05, 3.63) is 0 Å². The van der Waals surface area contributed by atoms with Gasteiger partial charge in [-0.05, 0) is 51.7 Å². The lowest BCUT2D eigenvalue weighted by molar-refractivity contribution is 0.145. The number of rotatable bonds is 39. The predicted molar refractivity (Wildman–Crippen MR) is 198 cm³/mol. The maximum absolute atomic E-state index is 12.1. The van der Waals surface area contributed by atoms with E-state index in [0.29, 0.717) is 13.2 Å². The van der Waals surface area contributed by atoms with Gasteiger partial charge in [0.15, 0.2) is 0 Å². The minimum atomic E-state index is -3.89. The fourth-order valence-electron chi connectivity index (χ4n) is 6.23. The smallest absolute Gasteiger partial charge is 0.303 e. The molecular formula is C39H82NO4P. The Kier molecular flexibility index (Phi) is 37.0. The zero-order valence-corrected chi connectivity index (χ0v) is 31.9. The number of nitrogens with zero attached hydrogens (tertiary/aromatic N) is 1. The second-order valence-corrected chi connectivity index (χ2v) is 15.3. The normalized spacial score (nSPS) is 13.2. The topological polar surface area (TPSA) is 59.0 Å². The van der Waals surface area contributed by atoms with Crippen LogP contribution in [0.3, 0.4) is 0 Å². The van der Waals surface area contributed by atoms with Crippen LogP contribution in [0.5, 0.6) is 0 Å². The van der Waals surface area contributed by atoms with Gasteiger partial charge in [0.2, 0.25) is 0 Å². The highest BCUT2D eigenvalue weighted by atomic mass is 31.2. The predicted octanol–water partition coefficient (Wildman–Crippen LogP) is 13.6. The van der Waals surface area contributed by atoms with Crippen LogP contribution >= 0.6 is 7.82 Å². The van der Waals surface area contributed by atoms with Gasteiger partial charge in [0.05, 0.1) is 13.2 Å². The lowest BCUT2D eigenvalue weighted by Gasteiger charge is -2.22. The number of unbranched alkanes of at least 4 members (excludes halogenated alkanes) is 27. The first-order valence-corrected chi connectivity index (χ1v) is 21.9. The summed E-state index contributed by atoms with van der Waals surface area (Å²) in [6.45, 7) is 11.2. The molecule has 0 rings (SSSR count). The molecule has 5 nitrogen and oxygen atoms in total. The van der Waals surface area contributed by atoms with Crippen molar-refractivity contribution >= 4 is 7.82 Å². The summed E-state index contributed by atoms with van der Waals surface area (Å²) in [5.74, 6) is 0. The van der Waals surface area contributed by atoms with Gasteiger partial charge in [-0.2, -0.15) is 0 Å². The third-order valence-electron chi connectivity index (χ3n) is 9.28. The zero-order chi connectivity index (χ0) is 32.9. The van der Waals surface area contributed by atoms with Crippen molar-refractivity contribution in [2.75, 3.05) is 32.8 Å². The molecule has 0 spiro atoms. The zero-order valence-electron chi connectivity index (χ0n) is 31.0. The SMILES string of the molecule is CCCCCCCCCCCN(CCCCCCCCCCC)CCCCCCCOP(=O)(O)OCCCCCCCCCC. The molecule has 0 saturated carbocycles. The van der Waals surface area contributed by atoms with Crippen LogP contribution in [0.1, 0.15) is 220 Å². The third-order valence-corrected chi connectivity index (χ3v) is 10.3. The molecule has 0 saturated heterocycles. The minimum Gasteiger partial charge on any atom is -0.303 e. The van der Waals surface area contributed by atoms with E-state index in [9.17, 15) is 9.46 Å². The number of hydrogen-bond donors (Lipinski definition) is 1. The maximum atomic E-state index is 12.1. The average molecular weight is 660 g/mol. The lowest BCUT2D eigenvalue weighted by atomic mass is 10.1. The van der Waals surface area contributed by atoms with Crippen LogP contribution in [-0.2, 0) is 13.6 Å². The average Bonchev–Trinajstić information content (AvgIpc) is 3.03. The van der Waals surface area contributed by atoms with Crippen molar-refractivity contribution < 1.29 is 18.5 Å². The molecule has 0 radical (unpaired) electrons. The summed E-state index contributed by atoms with van der Waals surface area (Å²) in [6.07, 6.45) is 40.3. The fraction of sp³-hybridized carbons (Fsp3) is 1.00. The van der Waals surface area contributed by atoms with E-state index in [0.717, 1.165) is 25.7 Å². The molecule has 6 heteroatoms. The van der Waals surface area contributed by atoms with Crippen LogP contribution in [0.4, 0.5) is 0 Å². The van der Waals surface area contributed by atoms with Gasteiger partial charge < -0.3 is 9.79 Å². The van der Waals surface area contributed by atoms with Crippen molar-refractivity contribution in [2.24, 2.45) is 0 Å². The summed E-state index contributed by atoms with van der Waals surface area (Å²) in [5, 5.41) is 0. The summed E-state index contributed by atoms with van der Waals surface area (Å²) in [5.41, 5.74) is 0. The molecule has 1 N–H and O–H groups in total. The van der Waals surface area contributed by atoms with E-state index < -0.39 is 7.82 Å². The fourth-order valence-corrected chi connectivity index (χ4v) is 7.02. The van der Waals surface area contributed by atoms with Crippen LogP contribution in [0.2, 0.25) is 0 Å². The Balaban J connectivity index is 3.97. The molecule has 1 atom stereocenters. The first kappa shape index (κ1) is 45.1. The third kappa shape index (κ3) is 36.7. The van der Waals surface area contributed by atoms with Gasteiger partial charge >= 0.3 is 7.82 Å². The molecule has 0 heterocycles. The van der Waals surface area contributed by atoms with Crippen molar-refractivity contribution in [3.8, 4) is 0 Å². The molecule has 0 aliphatic carbocycles. The van der Waals surface area contributed by atoms with Gasteiger partial charge in [0, 0.05) is 0 Å². The summed E-state index contributed by atoms with van der Waals surface area (Å²) in [4.78, 5) is 12.7. The summed E-state index contributed by atoms with van der Waals surface area (Å²) < 4.78 is 22.5. The molecule has 0 amide bonds. The van der Waals surface area contributed by atoms with Gasteiger partial charge in [0.25, 0.3) is 0 Å². The van der Waals surface area contributed by atoms with E-state index in [4.69, 9.17) is 9.05 Å². The van der Waals surface area contributed by atoms with Crippen molar-refractivity contribution in [1.82, 2.24) is 4.90 Å². The lowest BCUT2D eigenvalue weighted by Crippen LogP contribution is -2.27. The van der Waals surface area contributed by atoms with Crippen LogP contribution in [-0.4, -0.2) is 42.6 Å². The second-order valence-electron chi connectivity index (χ2n) is 13.9. The Bertz CT molecular complexity index is 584. The van der Waals surface area contributed by atoms with E-state index in [-0.39, 0.29) is 0 Å². The van der Waals surface area contributed by atoms with Crippen molar-refractivity contribution in [3.63, 3.8) is 0 Å². The molecule has 272 valence electrons. The second kappa shape index (κ2) is 36.9. The van der Waals surface area contributed by atoms with Crippen molar-refractivity contribution in [1.29, 1.82) is 0 Å². The molecule has 1 unspecified atom stereocenters. The van der Waals surface area contributed by atoms with Gasteiger partial charge in [-0.15, -0.1) is 0 Å². The molecule has 0 fully saturated rings. The van der Waals surface area contributed by atoms with Crippen LogP contribution in [0.25, 0.3) is 0 Å². The Labute approximate surface area is 283 Å². The highest BCUT2D eigenvalue weighted by Gasteiger charge is 2.20. The molecule has 45 heavy (non-hydrogen) atoms. The molecular weight excluding hydrogens is 577 g/mol. The van der Waals surface area contributed by atoms with Gasteiger partial charge in [0.1, 0.15) is 0 Å². The quantitative estimate of drug-likeness (QED) is 0.0525. The molecule has 0 aromatic rings. The Morgan fingerprint density at radius 1 is 0.378 bits per heavy atom. The highest BCUT2D eigenvalue weighted by Crippen LogP contribution is 2.43. The van der Waals surface area contributed by atoms with E-state index in [1.165, 1.54) is 193 Å². The van der Waals surface area contributed by atoms with Crippen LogP contribution in [0, 0.1) is 0 Å². The minimum absolute atomic E-state index is 0.314. The van der Waals surface area contributed by atoms with Gasteiger partial charge in [-0.1, -0.05) is 188 Å². The largest absolute Gasteiger partial charge is 0.472 e. The summed E-state index contributed by atoms with van der Waals surface area (Å²) in [7, 11) is -3.89. The van der Waals surface area contributed by atoms with E-state index in [1.54, 1.807) is 0 Å². The first-order valence-electron chi connectivity index (χ1n) is 20.4. The molecule has 0 bridgehead atoms. The van der Waals surface area contributed by atoms with Crippen LogP contribution < -0.4 is 0 Å². The molecule has 0 aliphatic rings. The first-order chi connectivity index (χ1) is 22.1. The van der Waals surface area contributed by atoms with Gasteiger partial charge in [-0.25, -0.2) is 4.57 Å². The molecule has 0 aromatic carbocycles. The van der Waals surface area contributed by atoms with Crippen LogP contribution in [0.15, 0.2) is 0 Å². The summed E-state index contributed by atoms with van der Waals surface area (Å²) >= 11 is 0. The van der Waals surface area contributed by atoms with E-state index in [2.05, 4.69) is 25.7 Å².